The molecule has 4 bridgehead atoms. The number of piperidine rings is 1. The Balaban J connectivity index is 1.94. The third-order valence-electron chi connectivity index (χ3n) is 3.87. The summed E-state index contributed by atoms with van der Waals surface area (Å²) in [6.45, 7) is 0. The summed E-state index contributed by atoms with van der Waals surface area (Å²) >= 11 is 0. The molecule has 2 aliphatic heterocycles. The third-order valence-corrected chi connectivity index (χ3v) is 3.87. The van der Waals surface area contributed by atoms with Gasteiger partial charge in [0.1, 0.15) is 0 Å². The second kappa shape index (κ2) is 1.76. The van der Waals surface area contributed by atoms with Crippen molar-refractivity contribution in [3.05, 3.63) is 0 Å². The molecule has 1 saturated carbocycles. The van der Waals surface area contributed by atoms with Crippen molar-refractivity contribution in [1.82, 2.24) is 5.32 Å². The number of hydrogen-bond donors (Lipinski definition) is 1. The van der Waals surface area contributed by atoms with Gasteiger partial charge in [0, 0.05) is 12.1 Å². The lowest BCUT2D eigenvalue weighted by atomic mass is 9.93. The molecule has 4 unspecified atom stereocenters. The Labute approximate surface area is 62.2 Å². The normalized spacial score (nSPS) is 57.6. The summed E-state index contributed by atoms with van der Waals surface area (Å²) in [4.78, 5) is 0. The minimum atomic E-state index is 0.934. The monoisotopic (exact) mass is 137 g/mol. The molecule has 3 rings (SSSR count). The predicted molar refractivity (Wildman–Crippen MR) is 40.8 cm³/mol. The van der Waals surface area contributed by atoms with Crippen molar-refractivity contribution in [1.29, 1.82) is 0 Å². The van der Waals surface area contributed by atoms with Crippen molar-refractivity contribution >= 4 is 0 Å². The van der Waals surface area contributed by atoms with E-state index in [1.165, 1.54) is 25.7 Å². The van der Waals surface area contributed by atoms with Gasteiger partial charge in [0.15, 0.2) is 0 Å². The van der Waals surface area contributed by atoms with Crippen molar-refractivity contribution in [3.8, 4) is 0 Å². The molecule has 4 atom stereocenters. The number of rotatable bonds is 0. The topological polar surface area (TPSA) is 12.0 Å². The minimum absolute atomic E-state index is 0.934. The summed E-state index contributed by atoms with van der Waals surface area (Å²) in [5, 5.41) is 3.75. The summed E-state index contributed by atoms with van der Waals surface area (Å²) in [6.07, 6.45) is 7.57. The van der Waals surface area contributed by atoms with Crippen LogP contribution in [0.2, 0.25) is 0 Å². The van der Waals surface area contributed by atoms with Gasteiger partial charge in [0.2, 0.25) is 0 Å². The zero-order valence-electron chi connectivity index (χ0n) is 6.34. The predicted octanol–water partition coefficient (Wildman–Crippen LogP) is 1.54. The standard InChI is InChI=1S/C9H15N/c1-2-7-5-6(1)8-3-4-9(7)10-8/h6-10H,1-5H2. The highest BCUT2D eigenvalue weighted by Crippen LogP contribution is 2.45. The fourth-order valence-corrected chi connectivity index (χ4v) is 3.33. The van der Waals surface area contributed by atoms with E-state index in [0.717, 1.165) is 23.9 Å². The Morgan fingerprint density at radius 3 is 2.00 bits per heavy atom. The molecule has 56 valence electrons. The smallest absolute Gasteiger partial charge is 0.00987 e. The zero-order valence-corrected chi connectivity index (χ0v) is 6.34. The molecule has 0 aromatic rings. The molecular formula is C9H15N. The molecule has 10 heavy (non-hydrogen) atoms. The molecule has 0 aromatic heterocycles. The molecule has 0 amide bonds. The molecule has 1 nitrogen and oxygen atoms in total. The van der Waals surface area contributed by atoms with Crippen molar-refractivity contribution in [2.75, 3.05) is 0 Å². The fraction of sp³-hybridized carbons (Fsp3) is 1.00. The highest BCUT2D eigenvalue weighted by atomic mass is 15.0. The lowest BCUT2D eigenvalue weighted by Gasteiger charge is -2.27. The van der Waals surface area contributed by atoms with Crippen molar-refractivity contribution in [2.24, 2.45) is 11.8 Å². The minimum Gasteiger partial charge on any atom is -0.311 e. The van der Waals surface area contributed by atoms with Crippen LogP contribution in [0.4, 0.5) is 0 Å². The first-order valence-corrected chi connectivity index (χ1v) is 4.69. The molecule has 2 saturated heterocycles. The summed E-state index contributed by atoms with van der Waals surface area (Å²) in [7, 11) is 0. The van der Waals surface area contributed by atoms with Crippen LogP contribution in [0.25, 0.3) is 0 Å². The number of fused-ring (bicyclic) bond motifs is 6. The van der Waals surface area contributed by atoms with Crippen molar-refractivity contribution in [3.63, 3.8) is 0 Å². The fourth-order valence-electron chi connectivity index (χ4n) is 3.33. The zero-order chi connectivity index (χ0) is 6.55. The molecule has 1 N–H and O–H groups in total. The first-order chi connectivity index (χ1) is 4.93. The summed E-state index contributed by atoms with van der Waals surface area (Å²) in [5.74, 6) is 2.15. The van der Waals surface area contributed by atoms with Gasteiger partial charge in [-0.05, 0) is 43.9 Å². The van der Waals surface area contributed by atoms with Gasteiger partial charge in [-0.1, -0.05) is 0 Å². The van der Waals surface area contributed by atoms with Crippen molar-refractivity contribution in [2.45, 2.75) is 44.2 Å². The Kier molecular flexibility index (Phi) is 0.984. The molecule has 1 aliphatic carbocycles. The maximum Gasteiger partial charge on any atom is 0.00987 e. The first kappa shape index (κ1) is 5.59. The third kappa shape index (κ3) is 0.572. The molecule has 0 spiro atoms. The Morgan fingerprint density at radius 2 is 1.40 bits per heavy atom. The van der Waals surface area contributed by atoms with E-state index in [-0.39, 0.29) is 0 Å². The van der Waals surface area contributed by atoms with Crippen molar-refractivity contribution < 1.29 is 0 Å². The molecule has 3 aliphatic rings. The summed E-state index contributed by atoms with van der Waals surface area (Å²) in [6, 6.07) is 1.87. The Bertz CT molecular complexity index is 121. The van der Waals surface area contributed by atoms with Gasteiger partial charge in [-0.2, -0.15) is 0 Å². The van der Waals surface area contributed by atoms with E-state index >= 15 is 0 Å². The van der Waals surface area contributed by atoms with Crippen LogP contribution in [-0.2, 0) is 0 Å². The average Bonchev–Trinajstić information content (AvgIpc) is 2.41. The lowest BCUT2D eigenvalue weighted by molar-refractivity contribution is 0.288. The van der Waals surface area contributed by atoms with E-state index in [9.17, 15) is 0 Å². The second-order valence-electron chi connectivity index (χ2n) is 4.29. The van der Waals surface area contributed by atoms with E-state index in [0.29, 0.717) is 0 Å². The largest absolute Gasteiger partial charge is 0.311 e. The van der Waals surface area contributed by atoms with Gasteiger partial charge in [-0.15, -0.1) is 0 Å². The number of hydrogen-bond acceptors (Lipinski definition) is 1. The summed E-state index contributed by atoms with van der Waals surface area (Å²) in [5.41, 5.74) is 0. The van der Waals surface area contributed by atoms with Crippen LogP contribution < -0.4 is 5.32 Å². The maximum atomic E-state index is 3.75. The molecule has 1 heteroatoms. The molecule has 0 aromatic carbocycles. The lowest BCUT2D eigenvalue weighted by Crippen LogP contribution is -2.41. The van der Waals surface area contributed by atoms with Crippen LogP contribution in [0.3, 0.4) is 0 Å². The highest BCUT2D eigenvalue weighted by Gasteiger charge is 2.44. The van der Waals surface area contributed by atoms with Gasteiger partial charge in [-0.3, -0.25) is 0 Å². The highest BCUT2D eigenvalue weighted by molar-refractivity contribution is 5.01. The molecular weight excluding hydrogens is 122 g/mol. The molecule has 0 radical (unpaired) electrons. The second-order valence-corrected chi connectivity index (χ2v) is 4.29. The van der Waals surface area contributed by atoms with Gasteiger partial charge < -0.3 is 5.32 Å². The van der Waals surface area contributed by atoms with Gasteiger partial charge in [0.05, 0.1) is 0 Å². The number of nitrogens with one attached hydrogen (secondary N) is 1. The van der Waals surface area contributed by atoms with E-state index in [1.807, 2.05) is 0 Å². The van der Waals surface area contributed by atoms with Gasteiger partial charge in [0.25, 0.3) is 0 Å². The van der Waals surface area contributed by atoms with Crippen LogP contribution in [0.5, 0.6) is 0 Å². The van der Waals surface area contributed by atoms with E-state index < -0.39 is 0 Å². The quantitative estimate of drug-likeness (QED) is 0.534. The van der Waals surface area contributed by atoms with E-state index in [1.54, 1.807) is 6.42 Å². The van der Waals surface area contributed by atoms with Crippen LogP contribution in [0, 0.1) is 11.8 Å². The van der Waals surface area contributed by atoms with Crippen LogP contribution >= 0.6 is 0 Å². The van der Waals surface area contributed by atoms with Crippen LogP contribution in [0.15, 0.2) is 0 Å². The van der Waals surface area contributed by atoms with E-state index in [2.05, 4.69) is 5.32 Å². The summed E-state index contributed by atoms with van der Waals surface area (Å²) < 4.78 is 0. The first-order valence-electron chi connectivity index (χ1n) is 4.69. The van der Waals surface area contributed by atoms with E-state index in [4.69, 9.17) is 0 Å². The van der Waals surface area contributed by atoms with Crippen LogP contribution in [0.1, 0.15) is 32.1 Å². The molecule has 2 heterocycles. The van der Waals surface area contributed by atoms with Gasteiger partial charge in [-0.25, -0.2) is 0 Å². The van der Waals surface area contributed by atoms with Crippen LogP contribution in [-0.4, -0.2) is 12.1 Å². The Hall–Kier alpha value is -0.0400. The maximum absolute atomic E-state index is 3.75. The molecule has 3 fully saturated rings. The average molecular weight is 137 g/mol. The van der Waals surface area contributed by atoms with Gasteiger partial charge >= 0.3 is 0 Å². The Morgan fingerprint density at radius 1 is 0.800 bits per heavy atom. The SMILES string of the molecule is C1CC2CC1C1CCC2N1.